The third-order valence-electron chi connectivity index (χ3n) is 4.14. The number of nitrogens with zero attached hydrogens (tertiary/aromatic N) is 1. The van der Waals surface area contributed by atoms with Crippen molar-refractivity contribution in [3.05, 3.63) is 24.2 Å². The first-order chi connectivity index (χ1) is 10.9. The highest BCUT2D eigenvalue weighted by molar-refractivity contribution is 5.68. The van der Waals surface area contributed by atoms with E-state index in [1.54, 1.807) is 12.5 Å². The maximum atomic E-state index is 12.2. The lowest BCUT2D eigenvalue weighted by Crippen LogP contribution is -2.41. The van der Waals surface area contributed by atoms with Crippen molar-refractivity contribution in [1.29, 1.82) is 0 Å². The molecular formula is C18H30N2O3. The molecule has 0 bridgehead atoms. The second-order valence-electron chi connectivity index (χ2n) is 7.37. The Morgan fingerprint density at radius 1 is 1.52 bits per heavy atom. The van der Waals surface area contributed by atoms with E-state index in [0.29, 0.717) is 12.0 Å². The summed E-state index contributed by atoms with van der Waals surface area (Å²) in [4.78, 5) is 14.1. The number of furan rings is 1. The first-order valence-corrected chi connectivity index (χ1v) is 8.61. The molecule has 2 atom stereocenters. The van der Waals surface area contributed by atoms with E-state index in [9.17, 15) is 4.79 Å². The zero-order valence-electron chi connectivity index (χ0n) is 14.8. The zero-order valence-corrected chi connectivity index (χ0v) is 14.8. The van der Waals surface area contributed by atoms with Crippen LogP contribution in [0, 0.1) is 5.92 Å². The molecule has 1 amide bonds. The quantitative estimate of drug-likeness (QED) is 0.871. The van der Waals surface area contributed by atoms with E-state index in [1.165, 1.54) is 5.56 Å². The molecule has 0 spiro atoms. The van der Waals surface area contributed by atoms with Crippen LogP contribution in [0.15, 0.2) is 23.0 Å². The minimum absolute atomic E-state index is 0.197. The van der Waals surface area contributed by atoms with Crippen molar-refractivity contribution in [2.24, 2.45) is 5.92 Å². The van der Waals surface area contributed by atoms with Gasteiger partial charge in [-0.25, -0.2) is 4.79 Å². The van der Waals surface area contributed by atoms with Crippen LogP contribution in [0.3, 0.4) is 0 Å². The van der Waals surface area contributed by atoms with Gasteiger partial charge < -0.3 is 19.4 Å². The third kappa shape index (κ3) is 5.57. The van der Waals surface area contributed by atoms with Crippen molar-refractivity contribution >= 4 is 6.09 Å². The molecule has 0 radical (unpaired) electrons. The lowest BCUT2D eigenvalue weighted by molar-refractivity contribution is 0.0285. The summed E-state index contributed by atoms with van der Waals surface area (Å²) < 4.78 is 10.7. The Labute approximate surface area is 139 Å². The molecule has 5 nitrogen and oxygen atoms in total. The lowest BCUT2D eigenvalue weighted by Gasteiger charge is -2.26. The lowest BCUT2D eigenvalue weighted by atomic mass is 9.93. The largest absolute Gasteiger partial charge is 0.472 e. The van der Waals surface area contributed by atoms with Gasteiger partial charge in [-0.2, -0.15) is 0 Å². The Morgan fingerprint density at radius 2 is 2.30 bits per heavy atom. The van der Waals surface area contributed by atoms with Gasteiger partial charge in [-0.3, -0.25) is 0 Å². The van der Waals surface area contributed by atoms with Gasteiger partial charge in [-0.15, -0.1) is 0 Å². The molecule has 0 saturated carbocycles. The van der Waals surface area contributed by atoms with Crippen LogP contribution in [-0.4, -0.2) is 42.3 Å². The van der Waals surface area contributed by atoms with E-state index in [4.69, 9.17) is 9.15 Å². The van der Waals surface area contributed by atoms with Crippen LogP contribution in [0.1, 0.15) is 46.1 Å². The van der Waals surface area contributed by atoms with E-state index < -0.39 is 5.60 Å². The smallest absolute Gasteiger partial charge is 0.410 e. The molecule has 1 aromatic heterocycles. The van der Waals surface area contributed by atoms with Gasteiger partial charge in [0.05, 0.1) is 12.5 Å². The number of ether oxygens (including phenoxy) is 1. The summed E-state index contributed by atoms with van der Waals surface area (Å²) in [7, 11) is 0. The number of hydrogen-bond donors (Lipinski definition) is 1. The number of carbonyl (C=O) groups excluding carboxylic acids is 1. The normalized spacial score (nSPS) is 19.8. The SMILES string of the molecule is CCCNC(Cc1ccoc1)C1CCN(C(=O)OC(C)(C)C)C1. The number of hydrogen-bond acceptors (Lipinski definition) is 4. The average molecular weight is 322 g/mol. The van der Waals surface area contributed by atoms with Crippen molar-refractivity contribution in [2.75, 3.05) is 19.6 Å². The van der Waals surface area contributed by atoms with Gasteiger partial charge in [0.15, 0.2) is 0 Å². The van der Waals surface area contributed by atoms with Gasteiger partial charge in [-0.05, 0) is 64.1 Å². The molecule has 1 aliphatic heterocycles. The third-order valence-corrected chi connectivity index (χ3v) is 4.14. The van der Waals surface area contributed by atoms with Crippen molar-refractivity contribution in [3.8, 4) is 0 Å². The summed E-state index contributed by atoms with van der Waals surface area (Å²) in [5.41, 5.74) is 0.764. The zero-order chi connectivity index (χ0) is 16.9. The monoisotopic (exact) mass is 322 g/mol. The summed E-state index contributed by atoms with van der Waals surface area (Å²) in [5, 5.41) is 3.64. The number of likely N-dealkylation sites (tertiary alicyclic amines) is 1. The van der Waals surface area contributed by atoms with Crippen LogP contribution in [-0.2, 0) is 11.2 Å². The maximum Gasteiger partial charge on any atom is 0.410 e. The summed E-state index contributed by atoms with van der Waals surface area (Å²) in [6.45, 7) is 10.4. The minimum Gasteiger partial charge on any atom is -0.472 e. The highest BCUT2D eigenvalue weighted by Crippen LogP contribution is 2.24. The van der Waals surface area contributed by atoms with Crippen molar-refractivity contribution in [1.82, 2.24) is 10.2 Å². The maximum absolute atomic E-state index is 12.2. The van der Waals surface area contributed by atoms with Crippen LogP contribution in [0.2, 0.25) is 0 Å². The summed E-state index contributed by atoms with van der Waals surface area (Å²) in [6, 6.07) is 2.38. The number of nitrogens with one attached hydrogen (secondary N) is 1. The van der Waals surface area contributed by atoms with Crippen LogP contribution < -0.4 is 5.32 Å². The summed E-state index contributed by atoms with van der Waals surface area (Å²) >= 11 is 0. The molecular weight excluding hydrogens is 292 g/mol. The van der Waals surface area contributed by atoms with Crippen molar-refractivity contribution in [3.63, 3.8) is 0 Å². The molecule has 1 aliphatic rings. The molecule has 2 unspecified atom stereocenters. The molecule has 1 aromatic rings. The molecule has 5 heteroatoms. The highest BCUT2D eigenvalue weighted by Gasteiger charge is 2.33. The van der Waals surface area contributed by atoms with E-state index >= 15 is 0 Å². The van der Waals surface area contributed by atoms with Gasteiger partial charge in [0, 0.05) is 19.1 Å². The predicted molar refractivity (Wildman–Crippen MR) is 90.4 cm³/mol. The fourth-order valence-electron chi connectivity index (χ4n) is 3.01. The molecule has 1 N–H and O–H groups in total. The van der Waals surface area contributed by atoms with Gasteiger partial charge in [0.1, 0.15) is 5.60 Å². The fraction of sp³-hybridized carbons (Fsp3) is 0.722. The van der Waals surface area contributed by atoms with E-state index in [0.717, 1.165) is 38.9 Å². The second kappa shape index (κ2) is 7.86. The Balaban J connectivity index is 1.93. The van der Waals surface area contributed by atoms with E-state index in [2.05, 4.69) is 12.2 Å². The molecule has 23 heavy (non-hydrogen) atoms. The molecule has 1 fully saturated rings. The van der Waals surface area contributed by atoms with Crippen LogP contribution >= 0.6 is 0 Å². The van der Waals surface area contributed by atoms with Crippen LogP contribution in [0.25, 0.3) is 0 Å². The number of amides is 1. The van der Waals surface area contributed by atoms with Gasteiger partial charge in [-0.1, -0.05) is 6.92 Å². The molecule has 0 aromatic carbocycles. The Hall–Kier alpha value is -1.49. The molecule has 130 valence electrons. The summed E-state index contributed by atoms with van der Waals surface area (Å²) in [6.07, 6.45) is 6.37. The predicted octanol–water partition coefficient (Wildman–Crippen LogP) is 3.45. The topological polar surface area (TPSA) is 54.7 Å². The Morgan fingerprint density at radius 3 is 2.91 bits per heavy atom. The first-order valence-electron chi connectivity index (χ1n) is 8.61. The molecule has 2 heterocycles. The Kier molecular flexibility index (Phi) is 6.10. The standard InChI is InChI=1S/C18H30N2O3/c1-5-8-19-16(11-14-7-10-22-13-14)15-6-9-20(12-15)17(21)23-18(2,3)4/h7,10,13,15-16,19H,5-6,8-9,11-12H2,1-4H3. The fourth-order valence-corrected chi connectivity index (χ4v) is 3.01. The average Bonchev–Trinajstić information content (AvgIpc) is 3.12. The van der Waals surface area contributed by atoms with Gasteiger partial charge in [0.25, 0.3) is 0 Å². The number of carbonyl (C=O) groups is 1. The van der Waals surface area contributed by atoms with Crippen molar-refractivity contribution < 1.29 is 13.9 Å². The van der Waals surface area contributed by atoms with E-state index in [1.807, 2.05) is 31.7 Å². The van der Waals surface area contributed by atoms with Gasteiger partial charge in [0.2, 0.25) is 0 Å². The summed E-state index contributed by atoms with van der Waals surface area (Å²) in [5.74, 6) is 0.448. The van der Waals surface area contributed by atoms with Crippen LogP contribution in [0.5, 0.6) is 0 Å². The highest BCUT2D eigenvalue weighted by atomic mass is 16.6. The minimum atomic E-state index is -0.439. The molecule has 1 saturated heterocycles. The van der Waals surface area contributed by atoms with Crippen LogP contribution in [0.4, 0.5) is 4.79 Å². The van der Waals surface area contributed by atoms with Crippen molar-refractivity contribution in [2.45, 2.75) is 58.6 Å². The first kappa shape index (κ1) is 17.9. The molecule has 2 rings (SSSR count). The number of rotatable bonds is 6. The second-order valence-corrected chi connectivity index (χ2v) is 7.37. The molecule has 0 aliphatic carbocycles. The van der Waals surface area contributed by atoms with E-state index in [-0.39, 0.29) is 6.09 Å². The Bertz CT molecular complexity index is 479. The van der Waals surface area contributed by atoms with Gasteiger partial charge >= 0.3 is 6.09 Å².